The van der Waals surface area contributed by atoms with Crippen molar-refractivity contribution in [2.75, 3.05) is 6.61 Å². The Morgan fingerprint density at radius 1 is 0.906 bits per heavy atom. The quantitative estimate of drug-likeness (QED) is 0.179. The fourth-order valence-corrected chi connectivity index (χ4v) is 3.14. The molecule has 0 atom stereocenters. The van der Waals surface area contributed by atoms with Crippen molar-refractivity contribution in [3.63, 3.8) is 0 Å². The summed E-state index contributed by atoms with van der Waals surface area (Å²) < 4.78 is 16.3. The van der Waals surface area contributed by atoms with E-state index in [1.807, 2.05) is 32.0 Å². The second-order valence-electron chi connectivity index (χ2n) is 9.11. The monoisotopic (exact) mass is 440 g/mol. The Hall–Kier alpha value is -2.82. The van der Waals surface area contributed by atoms with Crippen LogP contribution in [0.4, 0.5) is 4.79 Å². The first-order chi connectivity index (χ1) is 15.2. The number of esters is 1. The molecule has 174 valence electrons. The summed E-state index contributed by atoms with van der Waals surface area (Å²) in [5, 5.41) is 0. The zero-order chi connectivity index (χ0) is 23.7. The Kier molecular flexibility index (Phi) is 9.30. The molecule has 0 aliphatic heterocycles. The minimum absolute atomic E-state index is 0.174. The van der Waals surface area contributed by atoms with Crippen molar-refractivity contribution >= 4 is 12.1 Å². The van der Waals surface area contributed by atoms with E-state index < -0.39 is 12.1 Å². The lowest BCUT2D eigenvalue weighted by Gasteiger charge is -2.22. The Morgan fingerprint density at radius 2 is 1.56 bits per heavy atom. The summed E-state index contributed by atoms with van der Waals surface area (Å²) in [6.07, 6.45) is 4.08. The van der Waals surface area contributed by atoms with E-state index in [1.165, 1.54) is 5.56 Å². The number of hydrogen-bond acceptors (Lipinski definition) is 5. The molecule has 0 radical (unpaired) electrons. The molecule has 2 aromatic rings. The van der Waals surface area contributed by atoms with Crippen molar-refractivity contribution < 1.29 is 23.8 Å². The smallest absolute Gasteiger partial charge is 0.434 e. The van der Waals surface area contributed by atoms with Gasteiger partial charge in [0.25, 0.3) is 0 Å². The van der Waals surface area contributed by atoms with Gasteiger partial charge in [0.15, 0.2) is 11.5 Å². The molecule has 5 heteroatoms. The molecule has 0 heterocycles. The van der Waals surface area contributed by atoms with Gasteiger partial charge in [-0.05, 0) is 66.5 Å². The molecule has 0 saturated heterocycles. The van der Waals surface area contributed by atoms with E-state index in [9.17, 15) is 9.59 Å². The molecule has 0 aliphatic rings. The molecule has 0 spiro atoms. The molecule has 0 N–H and O–H groups in total. The van der Waals surface area contributed by atoms with Gasteiger partial charge in [-0.1, -0.05) is 65.7 Å². The third-order valence-corrected chi connectivity index (χ3v) is 5.22. The molecular weight excluding hydrogens is 404 g/mol. The molecule has 0 unspecified atom stereocenters. The molecule has 0 bridgehead atoms. The number of rotatable bonds is 9. The maximum atomic E-state index is 12.9. The maximum Gasteiger partial charge on any atom is 0.513 e. The van der Waals surface area contributed by atoms with Gasteiger partial charge in [-0.25, -0.2) is 9.59 Å². The average molecular weight is 441 g/mol. The van der Waals surface area contributed by atoms with Crippen LogP contribution in [-0.2, 0) is 16.6 Å². The van der Waals surface area contributed by atoms with Gasteiger partial charge in [-0.15, -0.1) is 0 Å². The molecule has 2 rings (SSSR count). The Balaban J connectivity index is 2.29. The van der Waals surface area contributed by atoms with E-state index >= 15 is 0 Å². The summed E-state index contributed by atoms with van der Waals surface area (Å²) in [6.45, 7) is 12.5. The fourth-order valence-electron chi connectivity index (χ4n) is 3.14. The number of carbonyl (C=O) groups is 2. The lowest BCUT2D eigenvalue weighted by Crippen LogP contribution is -2.17. The van der Waals surface area contributed by atoms with Crippen LogP contribution in [0.2, 0.25) is 0 Å². The summed E-state index contributed by atoms with van der Waals surface area (Å²) in [5.41, 5.74) is 3.13. The normalized spacial score (nSPS) is 11.2. The SMILES string of the molecule is CCCCOC(=O)Oc1c(C)cc(C(C)(C)C)cc1OC(=O)c1ccc(CCCC)cc1. The second kappa shape index (κ2) is 11.7. The standard InChI is InChI=1S/C27H36O5/c1-7-9-11-20-12-14-21(15-13-20)25(28)31-23-18-22(27(4,5)6)17-19(3)24(23)32-26(29)30-16-10-8-2/h12-15,17-18H,7-11,16H2,1-6H3. The minimum Gasteiger partial charge on any atom is -0.434 e. The van der Waals surface area contributed by atoms with Crippen LogP contribution >= 0.6 is 0 Å². The first kappa shape index (κ1) is 25.4. The van der Waals surface area contributed by atoms with Crippen molar-refractivity contribution in [3.05, 3.63) is 58.7 Å². The van der Waals surface area contributed by atoms with E-state index in [0.717, 1.165) is 37.7 Å². The molecule has 32 heavy (non-hydrogen) atoms. The molecule has 5 nitrogen and oxygen atoms in total. The van der Waals surface area contributed by atoms with E-state index in [-0.39, 0.29) is 23.5 Å². The summed E-state index contributed by atoms with van der Waals surface area (Å²) in [5.74, 6) is -0.0865. The van der Waals surface area contributed by atoms with Gasteiger partial charge in [-0.3, -0.25) is 0 Å². The Labute approximate surface area is 192 Å². The van der Waals surface area contributed by atoms with E-state index in [0.29, 0.717) is 11.1 Å². The molecule has 0 amide bonds. The predicted octanol–water partition coefficient (Wildman–Crippen LogP) is 7.17. The van der Waals surface area contributed by atoms with Crippen LogP contribution in [0, 0.1) is 6.92 Å². The summed E-state index contributed by atoms with van der Waals surface area (Å²) >= 11 is 0. The third-order valence-electron chi connectivity index (χ3n) is 5.22. The highest BCUT2D eigenvalue weighted by atomic mass is 16.7. The lowest BCUT2D eigenvalue weighted by molar-refractivity contribution is 0.0714. The lowest BCUT2D eigenvalue weighted by atomic mass is 9.86. The predicted molar refractivity (Wildman–Crippen MR) is 127 cm³/mol. The molecular formula is C27H36O5. The maximum absolute atomic E-state index is 12.9. The average Bonchev–Trinajstić information content (AvgIpc) is 2.74. The number of ether oxygens (including phenoxy) is 3. The largest absolute Gasteiger partial charge is 0.513 e. The van der Waals surface area contributed by atoms with E-state index in [1.54, 1.807) is 18.2 Å². The van der Waals surface area contributed by atoms with E-state index in [4.69, 9.17) is 14.2 Å². The summed E-state index contributed by atoms with van der Waals surface area (Å²) in [6, 6.07) is 11.1. The highest BCUT2D eigenvalue weighted by Crippen LogP contribution is 2.37. The van der Waals surface area contributed by atoms with Crippen molar-refractivity contribution in [3.8, 4) is 11.5 Å². The Morgan fingerprint density at radius 3 is 2.16 bits per heavy atom. The van der Waals surface area contributed by atoms with Crippen LogP contribution in [0.15, 0.2) is 36.4 Å². The molecule has 0 saturated carbocycles. The van der Waals surface area contributed by atoms with Crippen LogP contribution < -0.4 is 9.47 Å². The number of carbonyl (C=O) groups excluding carboxylic acids is 2. The van der Waals surface area contributed by atoms with Crippen LogP contribution in [0.1, 0.15) is 87.4 Å². The van der Waals surface area contributed by atoms with Gasteiger partial charge in [0.1, 0.15) is 0 Å². The van der Waals surface area contributed by atoms with Crippen LogP contribution in [-0.4, -0.2) is 18.7 Å². The number of unbranched alkanes of at least 4 members (excludes halogenated alkanes) is 2. The third kappa shape index (κ3) is 7.40. The number of aryl methyl sites for hydroxylation is 2. The van der Waals surface area contributed by atoms with Gasteiger partial charge in [0, 0.05) is 0 Å². The van der Waals surface area contributed by atoms with Crippen molar-refractivity contribution in [1.29, 1.82) is 0 Å². The molecule has 0 aromatic heterocycles. The van der Waals surface area contributed by atoms with E-state index in [2.05, 4.69) is 27.7 Å². The highest BCUT2D eigenvalue weighted by Gasteiger charge is 2.23. The molecule has 0 fully saturated rings. The van der Waals surface area contributed by atoms with Gasteiger partial charge < -0.3 is 14.2 Å². The highest BCUT2D eigenvalue weighted by molar-refractivity contribution is 5.91. The second-order valence-corrected chi connectivity index (χ2v) is 9.11. The Bertz CT molecular complexity index is 907. The molecule has 2 aromatic carbocycles. The van der Waals surface area contributed by atoms with Crippen LogP contribution in [0.3, 0.4) is 0 Å². The van der Waals surface area contributed by atoms with Gasteiger partial charge in [-0.2, -0.15) is 0 Å². The van der Waals surface area contributed by atoms with Crippen molar-refractivity contribution in [2.45, 2.75) is 79.1 Å². The molecule has 0 aliphatic carbocycles. The van der Waals surface area contributed by atoms with Crippen molar-refractivity contribution in [2.24, 2.45) is 0 Å². The minimum atomic E-state index is -0.803. The van der Waals surface area contributed by atoms with Crippen molar-refractivity contribution in [1.82, 2.24) is 0 Å². The first-order valence-electron chi connectivity index (χ1n) is 11.5. The zero-order valence-corrected chi connectivity index (χ0v) is 20.2. The van der Waals surface area contributed by atoms with Gasteiger partial charge in [0.2, 0.25) is 0 Å². The number of benzene rings is 2. The van der Waals surface area contributed by atoms with Gasteiger partial charge in [0.05, 0.1) is 12.2 Å². The summed E-state index contributed by atoms with van der Waals surface area (Å²) in [7, 11) is 0. The van der Waals surface area contributed by atoms with Crippen LogP contribution in [0.5, 0.6) is 11.5 Å². The topological polar surface area (TPSA) is 61.8 Å². The van der Waals surface area contributed by atoms with Crippen LogP contribution in [0.25, 0.3) is 0 Å². The number of hydrogen-bond donors (Lipinski definition) is 0. The summed E-state index contributed by atoms with van der Waals surface area (Å²) in [4.78, 5) is 25.0. The first-order valence-corrected chi connectivity index (χ1v) is 11.5. The van der Waals surface area contributed by atoms with Gasteiger partial charge >= 0.3 is 12.1 Å². The fraction of sp³-hybridized carbons (Fsp3) is 0.481. The zero-order valence-electron chi connectivity index (χ0n) is 20.2.